The summed E-state index contributed by atoms with van der Waals surface area (Å²) < 4.78 is 3.07. The molecule has 3 heterocycles. The third-order valence-corrected chi connectivity index (χ3v) is 4.77. The second-order valence-electron chi connectivity index (χ2n) is 5.21. The van der Waals surface area contributed by atoms with Crippen molar-refractivity contribution in [3.63, 3.8) is 0 Å². The first-order valence-corrected chi connectivity index (χ1v) is 9.17. The summed E-state index contributed by atoms with van der Waals surface area (Å²) in [4.78, 5) is 21.5. The summed E-state index contributed by atoms with van der Waals surface area (Å²) >= 11 is 13.6. The van der Waals surface area contributed by atoms with Gasteiger partial charge < -0.3 is 0 Å². The molecule has 0 saturated carbocycles. The number of nitrogens with zero attached hydrogens (tertiary/aromatic N) is 5. The molecule has 0 radical (unpaired) electrons. The van der Waals surface area contributed by atoms with Crippen LogP contribution in [-0.2, 0) is 0 Å². The van der Waals surface area contributed by atoms with Crippen LogP contribution in [0, 0.1) is 0 Å². The van der Waals surface area contributed by atoms with Crippen LogP contribution in [0.4, 0.5) is 0 Å². The van der Waals surface area contributed by atoms with E-state index < -0.39 is 0 Å². The Bertz CT molecular complexity index is 1150. The molecule has 0 unspecified atom stereocenters. The molecule has 4 rings (SSSR count). The fourth-order valence-electron chi connectivity index (χ4n) is 2.57. The highest BCUT2D eigenvalue weighted by molar-refractivity contribution is 7.99. The molecule has 9 heteroatoms. The number of rotatable bonds is 3. The minimum Gasteiger partial charge on any atom is -0.284 e. The predicted molar refractivity (Wildman–Crippen MR) is 100 cm³/mol. The van der Waals surface area contributed by atoms with Gasteiger partial charge in [-0.2, -0.15) is 9.50 Å². The Morgan fingerprint density at radius 3 is 2.68 bits per heavy atom. The molecule has 0 fully saturated rings. The molecule has 0 atom stereocenters. The monoisotopic (exact) mass is 391 g/mol. The third-order valence-electron chi connectivity index (χ3n) is 3.61. The topological polar surface area (TPSA) is 65.1 Å². The Hall–Kier alpha value is -2.09. The van der Waals surface area contributed by atoms with Gasteiger partial charge in [-0.05, 0) is 30.0 Å². The lowest BCUT2D eigenvalue weighted by molar-refractivity contribution is 0.903. The summed E-state index contributed by atoms with van der Waals surface area (Å²) in [7, 11) is 0. The molecule has 0 bridgehead atoms. The van der Waals surface area contributed by atoms with Crippen LogP contribution < -0.4 is 5.56 Å². The molecule has 6 nitrogen and oxygen atoms in total. The van der Waals surface area contributed by atoms with Crippen molar-refractivity contribution in [3.05, 3.63) is 57.1 Å². The van der Waals surface area contributed by atoms with Gasteiger partial charge in [-0.25, -0.2) is 4.98 Å². The molecule has 0 aliphatic heterocycles. The minimum atomic E-state index is -0.231. The zero-order valence-electron chi connectivity index (χ0n) is 13.0. The van der Waals surface area contributed by atoms with E-state index in [1.54, 1.807) is 35.0 Å². The molecular formula is C16H11Cl2N5OS. The zero-order chi connectivity index (χ0) is 17.6. The van der Waals surface area contributed by atoms with E-state index in [1.165, 1.54) is 22.5 Å². The summed E-state index contributed by atoms with van der Waals surface area (Å²) in [6, 6.07) is 6.78. The third kappa shape index (κ3) is 2.88. The van der Waals surface area contributed by atoms with Gasteiger partial charge in [0.25, 0.3) is 11.3 Å². The van der Waals surface area contributed by atoms with Gasteiger partial charge in [0.05, 0.1) is 16.6 Å². The van der Waals surface area contributed by atoms with Gasteiger partial charge in [0.2, 0.25) is 5.16 Å². The largest absolute Gasteiger partial charge is 0.284 e. The Labute approximate surface area is 156 Å². The van der Waals surface area contributed by atoms with E-state index in [9.17, 15) is 4.79 Å². The van der Waals surface area contributed by atoms with E-state index in [2.05, 4.69) is 15.1 Å². The number of aromatic nitrogens is 5. The quantitative estimate of drug-likeness (QED) is 0.496. The molecular weight excluding hydrogens is 381 g/mol. The summed E-state index contributed by atoms with van der Waals surface area (Å²) in [5, 5.41) is 6.40. The number of hydrogen-bond acceptors (Lipinski definition) is 5. The van der Waals surface area contributed by atoms with Crippen molar-refractivity contribution >= 4 is 51.6 Å². The minimum absolute atomic E-state index is 0.231. The van der Waals surface area contributed by atoms with Gasteiger partial charge in [-0.3, -0.25) is 9.36 Å². The summed E-state index contributed by atoms with van der Waals surface area (Å²) in [6.45, 7) is 2.02. The van der Waals surface area contributed by atoms with E-state index in [0.29, 0.717) is 37.6 Å². The molecule has 0 spiro atoms. The number of halogens is 2. The Kier molecular flexibility index (Phi) is 4.15. The number of pyridine rings is 1. The molecule has 0 N–H and O–H groups in total. The summed E-state index contributed by atoms with van der Waals surface area (Å²) in [5.74, 6) is 1.32. The Morgan fingerprint density at radius 1 is 1.20 bits per heavy atom. The van der Waals surface area contributed by atoms with Gasteiger partial charge in [0.15, 0.2) is 0 Å². The van der Waals surface area contributed by atoms with Crippen molar-refractivity contribution in [1.29, 1.82) is 0 Å². The highest BCUT2D eigenvalue weighted by Gasteiger charge is 2.12. The number of benzene rings is 1. The van der Waals surface area contributed by atoms with E-state index >= 15 is 0 Å². The smallest absolute Gasteiger partial charge is 0.266 e. The molecule has 0 aliphatic carbocycles. The number of fused-ring (bicyclic) bond motifs is 3. The van der Waals surface area contributed by atoms with Crippen LogP contribution in [-0.4, -0.2) is 29.9 Å². The molecule has 1 aromatic carbocycles. The van der Waals surface area contributed by atoms with Gasteiger partial charge in [0.1, 0.15) is 0 Å². The van der Waals surface area contributed by atoms with Crippen LogP contribution in [0.15, 0.2) is 46.6 Å². The fourth-order valence-corrected chi connectivity index (χ4v) is 3.63. The van der Waals surface area contributed by atoms with Gasteiger partial charge in [-0.1, -0.05) is 41.9 Å². The highest BCUT2D eigenvalue weighted by atomic mass is 35.5. The lowest BCUT2D eigenvalue weighted by Gasteiger charge is -2.08. The van der Waals surface area contributed by atoms with Crippen LogP contribution in [0.5, 0.6) is 0 Å². The standard InChI is InChI=1S/C16H11Cl2N5OS/c1-2-25-16-20-15-19-8-12-13(23(15)21-16)3-4-22(14(12)24)11-6-9(17)5-10(18)7-11/h3-8H,2H2,1H3. The summed E-state index contributed by atoms with van der Waals surface area (Å²) in [5.41, 5.74) is 1.01. The molecule has 25 heavy (non-hydrogen) atoms. The predicted octanol–water partition coefficient (Wildman–Crippen LogP) is 3.85. The Balaban J connectivity index is 1.96. The molecule has 126 valence electrons. The first-order chi connectivity index (χ1) is 12.1. The average molecular weight is 392 g/mol. The Morgan fingerprint density at radius 2 is 1.96 bits per heavy atom. The van der Waals surface area contributed by atoms with E-state index in [1.807, 2.05) is 6.92 Å². The first kappa shape index (κ1) is 16.4. The van der Waals surface area contributed by atoms with Crippen molar-refractivity contribution in [2.24, 2.45) is 0 Å². The molecule has 3 aromatic heterocycles. The molecule has 0 aliphatic rings. The van der Waals surface area contributed by atoms with E-state index in [-0.39, 0.29) is 5.56 Å². The number of hydrogen-bond donors (Lipinski definition) is 0. The number of thioether (sulfide) groups is 1. The molecule has 0 saturated heterocycles. The average Bonchev–Trinajstić information content (AvgIpc) is 2.97. The van der Waals surface area contributed by atoms with Gasteiger partial charge in [-0.15, -0.1) is 5.10 Å². The lowest BCUT2D eigenvalue weighted by Crippen LogP contribution is -2.18. The van der Waals surface area contributed by atoms with Crippen LogP contribution >= 0.6 is 35.0 Å². The van der Waals surface area contributed by atoms with Crippen molar-refractivity contribution in [1.82, 2.24) is 24.1 Å². The maximum absolute atomic E-state index is 12.9. The highest BCUT2D eigenvalue weighted by Crippen LogP contribution is 2.22. The summed E-state index contributed by atoms with van der Waals surface area (Å²) in [6.07, 6.45) is 3.19. The van der Waals surface area contributed by atoms with Crippen molar-refractivity contribution in [3.8, 4) is 5.69 Å². The van der Waals surface area contributed by atoms with Crippen LogP contribution in [0.2, 0.25) is 10.0 Å². The SMILES string of the molecule is CCSc1nc2ncc3c(=O)n(-c4cc(Cl)cc(Cl)c4)ccc3n2n1. The normalized spacial score (nSPS) is 11.5. The molecule has 0 amide bonds. The van der Waals surface area contributed by atoms with E-state index in [0.717, 1.165) is 5.75 Å². The van der Waals surface area contributed by atoms with Crippen LogP contribution in [0.25, 0.3) is 22.4 Å². The van der Waals surface area contributed by atoms with Crippen molar-refractivity contribution in [2.75, 3.05) is 5.75 Å². The first-order valence-electron chi connectivity index (χ1n) is 7.43. The van der Waals surface area contributed by atoms with Crippen molar-refractivity contribution < 1.29 is 0 Å². The molecule has 4 aromatic rings. The second kappa shape index (κ2) is 6.33. The van der Waals surface area contributed by atoms with Gasteiger partial charge in [0, 0.05) is 22.4 Å². The van der Waals surface area contributed by atoms with Gasteiger partial charge >= 0.3 is 0 Å². The zero-order valence-corrected chi connectivity index (χ0v) is 15.3. The van der Waals surface area contributed by atoms with E-state index in [4.69, 9.17) is 23.2 Å². The maximum atomic E-state index is 12.9. The fraction of sp³-hybridized carbons (Fsp3) is 0.125. The maximum Gasteiger partial charge on any atom is 0.266 e. The van der Waals surface area contributed by atoms with Crippen LogP contribution in [0.3, 0.4) is 0 Å². The van der Waals surface area contributed by atoms with Crippen molar-refractivity contribution in [2.45, 2.75) is 12.1 Å². The second-order valence-corrected chi connectivity index (χ2v) is 7.32. The lowest BCUT2D eigenvalue weighted by atomic mass is 10.2. The van der Waals surface area contributed by atoms with Crippen LogP contribution in [0.1, 0.15) is 6.92 Å².